The summed E-state index contributed by atoms with van der Waals surface area (Å²) < 4.78 is 23.7. The molecule has 6 heteroatoms. The first-order valence-corrected chi connectivity index (χ1v) is 6.62. The molecular weight excluding hydrogens is 236 g/mol. The highest BCUT2D eigenvalue weighted by Gasteiger charge is 2.18. The van der Waals surface area contributed by atoms with E-state index in [1.807, 2.05) is 13.8 Å². The largest absolute Gasteiger partial charge is 0.322 e. The maximum absolute atomic E-state index is 11.1. The molecule has 0 bridgehead atoms. The topological polar surface area (TPSA) is 52.0 Å². The summed E-state index contributed by atoms with van der Waals surface area (Å²) in [6, 6.07) is 0. The van der Waals surface area contributed by atoms with Crippen LogP contribution in [0.25, 0.3) is 0 Å². The lowest BCUT2D eigenvalue weighted by Gasteiger charge is -2.05. The summed E-state index contributed by atoms with van der Waals surface area (Å²) in [5, 5.41) is -0.150. The van der Waals surface area contributed by atoms with Gasteiger partial charge in [0.1, 0.15) is 5.82 Å². The average molecular weight is 247 g/mol. The van der Waals surface area contributed by atoms with Crippen LogP contribution in [0.3, 0.4) is 0 Å². The summed E-state index contributed by atoms with van der Waals surface area (Å²) in [4.78, 5) is 3.95. The van der Waals surface area contributed by atoms with E-state index in [0.717, 1.165) is 0 Å². The van der Waals surface area contributed by atoms with Gasteiger partial charge in [0.15, 0.2) is 5.03 Å². The van der Waals surface area contributed by atoms with Crippen molar-refractivity contribution in [1.82, 2.24) is 9.55 Å². The number of aromatic nitrogens is 2. The van der Waals surface area contributed by atoms with Crippen molar-refractivity contribution in [3.05, 3.63) is 12.0 Å². The molecule has 0 N–H and O–H groups in total. The van der Waals surface area contributed by atoms with Crippen molar-refractivity contribution >= 4 is 19.7 Å². The van der Waals surface area contributed by atoms with Gasteiger partial charge in [0, 0.05) is 22.8 Å². The normalized spacial score (nSPS) is 11.7. The Balaban J connectivity index is 3.29. The maximum atomic E-state index is 11.1. The SMILES string of the molecule is C#CCn1cc(S(=O)(=O)Cl)nc1C(C)C. The molecule has 0 amide bonds. The number of nitrogens with zero attached hydrogens (tertiary/aromatic N) is 2. The summed E-state index contributed by atoms with van der Waals surface area (Å²) in [5.41, 5.74) is 0. The van der Waals surface area contributed by atoms with Gasteiger partial charge < -0.3 is 4.57 Å². The van der Waals surface area contributed by atoms with E-state index in [-0.39, 0.29) is 17.5 Å². The summed E-state index contributed by atoms with van der Waals surface area (Å²) in [6.07, 6.45) is 6.53. The second-order valence-electron chi connectivity index (χ2n) is 3.36. The van der Waals surface area contributed by atoms with Gasteiger partial charge in [-0.1, -0.05) is 19.8 Å². The molecule has 82 valence electrons. The van der Waals surface area contributed by atoms with Gasteiger partial charge in [-0.2, -0.15) is 0 Å². The lowest BCUT2D eigenvalue weighted by Crippen LogP contribution is -2.02. The molecule has 0 atom stereocenters. The van der Waals surface area contributed by atoms with Gasteiger partial charge in [0.2, 0.25) is 0 Å². The Hall–Kier alpha value is -0.990. The minimum absolute atomic E-state index is 0.0884. The number of rotatable bonds is 3. The Labute approximate surface area is 93.7 Å². The van der Waals surface area contributed by atoms with Crippen LogP contribution in [-0.2, 0) is 15.6 Å². The van der Waals surface area contributed by atoms with Crippen molar-refractivity contribution in [3.8, 4) is 12.3 Å². The standard InChI is InChI=1S/C9H11ClN2O2S/c1-4-5-12-6-8(15(10,13)14)11-9(12)7(2)3/h1,6-7H,5H2,2-3H3. The predicted molar refractivity (Wildman–Crippen MR) is 58.2 cm³/mol. The van der Waals surface area contributed by atoms with Crippen molar-refractivity contribution in [2.45, 2.75) is 31.3 Å². The summed E-state index contributed by atoms with van der Waals surface area (Å²) >= 11 is 0. The molecule has 0 fully saturated rings. The molecule has 0 saturated heterocycles. The number of terminal acetylenes is 1. The average Bonchev–Trinajstić information content (AvgIpc) is 2.48. The molecule has 0 aliphatic rings. The van der Waals surface area contributed by atoms with Crippen molar-refractivity contribution < 1.29 is 8.42 Å². The molecule has 0 saturated carbocycles. The molecule has 0 aliphatic heterocycles. The molecule has 0 unspecified atom stereocenters. The van der Waals surface area contributed by atoms with Crippen molar-refractivity contribution in [1.29, 1.82) is 0 Å². The van der Waals surface area contributed by atoms with Crippen LogP contribution in [-0.4, -0.2) is 18.0 Å². The third kappa shape index (κ3) is 2.74. The molecule has 1 aromatic heterocycles. The lowest BCUT2D eigenvalue weighted by molar-refractivity contribution is 0.606. The lowest BCUT2D eigenvalue weighted by atomic mass is 10.2. The van der Waals surface area contributed by atoms with E-state index in [4.69, 9.17) is 17.1 Å². The van der Waals surface area contributed by atoms with Gasteiger partial charge in [-0.05, 0) is 0 Å². The number of halogens is 1. The van der Waals surface area contributed by atoms with E-state index in [9.17, 15) is 8.42 Å². The van der Waals surface area contributed by atoms with Gasteiger partial charge in [0.05, 0.1) is 6.54 Å². The van der Waals surface area contributed by atoms with Crippen LogP contribution >= 0.6 is 10.7 Å². The van der Waals surface area contributed by atoms with Gasteiger partial charge in [-0.3, -0.25) is 0 Å². The molecule has 0 aromatic carbocycles. The Kier molecular flexibility index (Phi) is 3.42. The Morgan fingerprint density at radius 2 is 2.27 bits per heavy atom. The zero-order valence-corrected chi connectivity index (χ0v) is 10.0. The molecule has 1 heterocycles. The first-order chi connectivity index (χ1) is 6.86. The zero-order valence-electron chi connectivity index (χ0n) is 8.44. The summed E-state index contributed by atoms with van der Waals surface area (Å²) in [6.45, 7) is 4.09. The Bertz CT molecular complexity index is 497. The highest BCUT2D eigenvalue weighted by atomic mass is 35.7. The van der Waals surface area contributed by atoms with Crippen LogP contribution in [0.1, 0.15) is 25.6 Å². The van der Waals surface area contributed by atoms with Crippen LogP contribution in [0.4, 0.5) is 0 Å². The first-order valence-electron chi connectivity index (χ1n) is 4.31. The van der Waals surface area contributed by atoms with Crippen LogP contribution in [0.15, 0.2) is 11.2 Å². The molecule has 1 rings (SSSR count). The van der Waals surface area contributed by atoms with Crippen molar-refractivity contribution in [2.24, 2.45) is 0 Å². The summed E-state index contributed by atoms with van der Waals surface area (Å²) in [5.74, 6) is 3.14. The first kappa shape index (κ1) is 12.1. The Morgan fingerprint density at radius 3 is 2.67 bits per heavy atom. The van der Waals surface area contributed by atoms with Gasteiger partial charge in [-0.15, -0.1) is 6.42 Å². The third-order valence-corrected chi connectivity index (χ3v) is 2.98. The Morgan fingerprint density at radius 1 is 1.67 bits per heavy atom. The van der Waals surface area contributed by atoms with Gasteiger partial charge >= 0.3 is 0 Å². The zero-order chi connectivity index (χ0) is 11.6. The van der Waals surface area contributed by atoms with Crippen molar-refractivity contribution in [3.63, 3.8) is 0 Å². The molecule has 0 spiro atoms. The number of hydrogen-bond donors (Lipinski definition) is 0. The fourth-order valence-electron chi connectivity index (χ4n) is 1.21. The molecule has 15 heavy (non-hydrogen) atoms. The molecular formula is C9H11ClN2O2S. The summed E-state index contributed by atoms with van der Waals surface area (Å²) in [7, 11) is 1.41. The van der Waals surface area contributed by atoms with Crippen LogP contribution < -0.4 is 0 Å². The van der Waals surface area contributed by atoms with E-state index >= 15 is 0 Å². The van der Waals surface area contributed by atoms with Gasteiger partial charge in [-0.25, -0.2) is 13.4 Å². The number of imidazole rings is 1. The van der Waals surface area contributed by atoms with E-state index < -0.39 is 9.05 Å². The van der Waals surface area contributed by atoms with E-state index in [2.05, 4.69) is 10.9 Å². The highest BCUT2D eigenvalue weighted by molar-refractivity contribution is 8.13. The van der Waals surface area contributed by atoms with Gasteiger partial charge in [0.25, 0.3) is 9.05 Å². The molecule has 4 nitrogen and oxygen atoms in total. The third-order valence-electron chi connectivity index (χ3n) is 1.81. The van der Waals surface area contributed by atoms with E-state index in [0.29, 0.717) is 5.82 Å². The maximum Gasteiger partial charge on any atom is 0.280 e. The van der Waals surface area contributed by atoms with Crippen LogP contribution in [0.2, 0.25) is 0 Å². The van der Waals surface area contributed by atoms with E-state index in [1.165, 1.54) is 6.20 Å². The fraction of sp³-hybridized carbons (Fsp3) is 0.444. The smallest absolute Gasteiger partial charge is 0.280 e. The second kappa shape index (κ2) is 4.25. The quantitative estimate of drug-likeness (QED) is 0.601. The fourth-order valence-corrected chi connectivity index (χ4v) is 1.89. The predicted octanol–water partition coefficient (Wildman–Crippen LogP) is 1.57. The second-order valence-corrected chi connectivity index (χ2v) is 5.87. The molecule has 1 aromatic rings. The van der Waals surface area contributed by atoms with Crippen molar-refractivity contribution in [2.75, 3.05) is 0 Å². The van der Waals surface area contributed by atoms with Crippen LogP contribution in [0.5, 0.6) is 0 Å². The molecule has 0 radical (unpaired) electrons. The number of hydrogen-bond acceptors (Lipinski definition) is 3. The van der Waals surface area contributed by atoms with E-state index in [1.54, 1.807) is 4.57 Å². The monoisotopic (exact) mass is 246 g/mol. The minimum atomic E-state index is -3.78. The minimum Gasteiger partial charge on any atom is -0.322 e. The van der Waals surface area contributed by atoms with Crippen LogP contribution in [0, 0.1) is 12.3 Å². The highest BCUT2D eigenvalue weighted by Crippen LogP contribution is 2.19. The molecule has 0 aliphatic carbocycles.